The standard InChI is InChI=1S/C66H111ClS/c1-7-13-19-25-31-37-43-58-49-59(44-38-32-26-20-14-8-2)53-64(52-58)68(67,65-54-60(45-39-33-27-21-15-9-3)50-61(55-65)46-40-34-28-22-16-10-4)66-56-62(47-41-35-29-23-17-11-5)51-63(57-66)48-42-36-30-24-18-12-6/h49-57H,7-48H2,1-6H3. The van der Waals surface area contributed by atoms with E-state index in [4.69, 9.17) is 10.7 Å². The fraction of sp³-hybridized carbons (Fsp3) is 0.727. The minimum Gasteiger partial charge on any atom is -0.0809 e. The Balaban J connectivity index is 2.24. The van der Waals surface area contributed by atoms with Gasteiger partial charge >= 0.3 is 0 Å². The summed E-state index contributed by atoms with van der Waals surface area (Å²) in [6.45, 7) is 14.0. The van der Waals surface area contributed by atoms with Gasteiger partial charge in [0.1, 0.15) is 0 Å². The van der Waals surface area contributed by atoms with E-state index in [1.54, 1.807) is 0 Å². The summed E-state index contributed by atoms with van der Waals surface area (Å²) < 4.78 is 0. The quantitative estimate of drug-likeness (QED) is 0.0495. The predicted octanol–water partition coefficient (Wildman–Crippen LogP) is 23.5. The molecule has 3 rings (SSSR count). The molecule has 0 aliphatic rings. The molecule has 0 aliphatic carbocycles. The van der Waals surface area contributed by atoms with Crippen LogP contribution in [-0.4, -0.2) is 0 Å². The van der Waals surface area contributed by atoms with Crippen molar-refractivity contribution in [3.05, 3.63) is 88.0 Å². The average molecular weight is 972 g/mol. The second-order valence-corrected chi connectivity index (χ2v) is 25.5. The number of hydrogen-bond acceptors (Lipinski definition) is 0. The van der Waals surface area contributed by atoms with Crippen LogP contribution in [0.25, 0.3) is 0 Å². The lowest BCUT2D eigenvalue weighted by atomic mass is 9.99. The molecule has 0 heterocycles. The van der Waals surface area contributed by atoms with Gasteiger partial charge < -0.3 is 0 Å². The first-order chi connectivity index (χ1) is 33.4. The molecule has 0 fully saturated rings. The topological polar surface area (TPSA) is 0 Å². The van der Waals surface area contributed by atoms with Crippen LogP contribution < -0.4 is 0 Å². The molecule has 2 heteroatoms. The van der Waals surface area contributed by atoms with E-state index in [0.717, 1.165) is 0 Å². The van der Waals surface area contributed by atoms with Crippen LogP contribution in [0.2, 0.25) is 0 Å². The molecule has 0 N–H and O–H groups in total. The van der Waals surface area contributed by atoms with Crippen LogP contribution in [0.4, 0.5) is 0 Å². The van der Waals surface area contributed by atoms with Crippen molar-refractivity contribution in [3.63, 3.8) is 0 Å². The molecule has 0 aromatic heterocycles. The Kier molecular flexibility index (Phi) is 35.5. The van der Waals surface area contributed by atoms with Gasteiger partial charge in [0, 0.05) is 14.7 Å². The fourth-order valence-corrected chi connectivity index (χ4v) is 14.1. The first-order valence-electron chi connectivity index (χ1n) is 30.3. The summed E-state index contributed by atoms with van der Waals surface area (Å²) >= 11 is 0. The summed E-state index contributed by atoms with van der Waals surface area (Å²) in [6, 6.07) is 23.6. The maximum absolute atomic E-state index is 8.94. The highest BCUT2D eigenvalue weighted by Crippen LogP contribution is 2.73. The Morgan fingerprint density at radius 3 is 0.529 bits per heavy atom. The highest BCUT2D eigenvalue weighted by Gasteiger charge is 2.31. The highest BCUT2D eigenvalue weighted by atomic mass is 35.7. The van der Waals surface area contributed by atoms with Gasteiger partial charge in [-0.15, -0.1) is 0 Å². The summed E-state index contributed by atoms with van der Waals surface area (Å²) in [5.74, 6) is 0. The van der Waals surface area contributed by atoms with Gasteiger partial charge in [0.15, 0.2) is 0 Å². The van der Waals surface area contributed by atoms with E-state index < -0.39 is 9.24 Å². The summed E-state index contributed by atoms with van der Waals surface area (Å²) in [7, 11) is 6.85. The van der Waals surface area contributed by atoms with Gasteiger partial charge in [-0.2, -0.15) is 0 Å². The van der Waals surface area contributed by atoms with Crippen LogP contribution in [0, 0.1) is 0 Å². The predicted molar refractivity (Wildman–Crippen MR) is 310 cm³/mol. The zero-order valence-electron chi connectivity index (χ0n) is 46.2. The van der Waals surface area contributed by atoms with E-state index in [0.29, 0.717) is 0 Å². The zero-order chi connectivity index (χ0) is 48.8. The minimum absolute atomic E-state index is 1.17. The SMILES string of the molecule is CCCCCCCCc1cc(CCCCCCCC)cc(S(Cl)(c2cc(CCCCCCCC)cc(CCCCCCCC)c2)c2cc(CCCCCCCC)cc(CCCCCCCC)c2)c1. The second kappa shape index (κ2) is 39.9. The Morgan fingerprint density at radius 1 is 0.221 bits per heavy atom. The maximum Gasteiger partial charge on any atom is 0.0122 e. The second-order valence-electron chi connectivity index (χ2n) is 21.6. The molecule has 0 atom stereocenters. The summed E-state index contributed by atoms with van der Waals surface area (Å²) in [4.78, 5) is 4.23. The third-order valence-electron chi connectivity index (χ3n) is 15.0. The molecule has 68 heavy (non-hydrogen) atoms. The first-order valence-corrected chi connectivity index (χ1v) is 32.8. The van der Waals surface area contributed by atoms with Crippen molar-refractivity contribution >= 4 is 19.9 Å². The van der Waals surface area contributed by atoms with E-state index in [-0.39, 0.29) is 0 Å². The molecule has 0 nitrogen and oxygen atoms in total. The van der Waals surface area contributed by atoms with Crippen molar-refractivity contribution in [1.82, 2.24) is 0 Å². The molecular formula is C66H111ClS. The molecule has 3 aromatic rings. The highest BCUT2D eigenvalue weighted by molar-refractivity contribution is 8.51. The van der Waals surface area contributed by atoms with Crippen LogP contribution in [0.15, 0.2) is 69.3 Å². The average Bonchev–Trinajstić information content (AvgIpc) is 3.35. The van der Waals surface area contributed by atoms with Crippen LogP contribution >= 0.6 is 19.9 Å². The van der Waals surface area contributed by atoms with Crippen molar-refractivity contribution in [2.75, 3.05) is 0 Å². The number of hydrogen-bond donors (Lipinski definition) is 0. The van der Waals surface area contributed by atoms with Crippen LogP contribution in [0.5, 0.6) is 0 Å². The number of unbranched alkanes of at least 4 members (excludes halogenated alkanes) is 30. The smallest absolute Gasteiger partial charge is 0.0122 e. The van der Waals surface area contributed by atoms with E-state index >= 15 is 0 Å². The van der Waals surface area contributed by atoms with Gasteiger partial charge in [-0.1, -0.05) is 272 Å². The van der Waals surface area contributed by atoms with Crippen molar-refractivity contribution < 1.29 is 0 Å². The summed E-state index contributed by atoms with van der Waals surface area (Å²) in [6.07, 6.45) is 55.2. The summed E-state index contributed by atoms with van der Waals surface area (Å²) in [5.41, 5.74) is 9.18. The van der Waals surface area contributed by atoms with Crippen LogP contribution in [0.3, 0.4) is 0 Å². The number of rotatable bonds is 45. The molecule has 0 saturated heterocycles. The van der Waals surface area contributed by atoms with Gasteiger partial charge in [-0.05, 0) is 147 Å². The number of halogens is 1. The lowest BCUT2D eigenvalue weighted by molar-refractivity contribution is 0.604. The van der Waals surface area contributed by atoms with Gasteiger partial charge in [-0.25, -0.2) is 0 Å². The van der Waals surface area contributed by atoms with Crippen molar-refractivity contribution in [2.24, 2.45) is 0 Å². The first kappa shape index (κ1) is 60.6. The van der Waals surface area contributed by atoms with Gasteiger partial charge in [0.05, 0.1) is 0 Å². The van der Waals surface area contributed by atoms with Crippen LogP contribution in [0.1, 0.15) is 306 Å². The van der Waals surface area contributed by atoms with Crippen LogP contribution in [-0.2, 0) is 38.5 Å². The van der Waals surface area contributed by atoms with E-state index in [1.807, 2.05) is 0 Å². The molecule has 0 spiro atoms. The van der Waals surface area contributed by atoms with E-state index in [2.05, 4.69) is 96.1 Å². The Labute approximate surface area is 431 Å². The van der Waals surface area contributed by atoms with Crippen molar-refractivity contribution in [2.45, 2.75) is 326 Å². The molecule has 0 radical (unpaired) electrons. The van der Waals surface area contributed by atoms with Gasteiger partial charge in [0.25, 0.3) is 0 Å². The van der Waals surface area contributed by atoms with E-state index in [9.17, 15) is 0 Å². The minimum atomic E-state index is -2.09. The lowest BCUT2D eigenvalue weighted by Crippen LogP contribution is -2.04. The molecule has 0 aliphatic heterocycles. The Morgan fingerprint density at radius 2 is 0.368 bits per heavy atom. The molecule has 0 saturated carbocycles. The van der Waals surface area contributed by atoms with E-state index in [1.165, 1.54) is 318 Å². The Bertz CT molecular complexity index is 1360. The van der Waals surface area contributed by atoms with Crippen molar-refractivity contribution in [3.8, 4) is 0 Å². The molecule has 3 aromatic carbocycles. The summed E-state index contributed by atoms with van der Waals surface area (Å²) in [5, 5.41) is 0. The van der Waals surface area contributed by atoms with Gasteiger partial charge in [0.2, 0.25) is 0 Å². The fourth-order valence-electron chi connectivity index (χ4n) is 10.6. The Hall–Kier alpha value is -1.70. The van der Waals surface area contributed by atoms with Gasteiger partial charge in [-0.3, -0.25) is 0 Å². The molecule has 388 valence electrons. The third kappa shape index (κ3) is 25.6. The largest absolute Gasteiger partial charge is 0.0809 e. The zero-order valence-corrected chi connectivity index (χ0v) is 47.8. The van der Waals surface area contributed by atoms with Crippen molar-refractivity contribution in [1.29, 1.82) is 0 Å². The maximum atomic E-state index is 8.94. The third-order valence-corrected chi connectivity index (χ3v) is 19.2. The molecular weight excluding hydrogens is 860 g/mol. The molecule has 0 unspecified atom stereocenters. The number of benzene rings is 3. The molecule has 0 amide bonds. The molecule has 0 bridgehead atoms. The lowest BCUT2D eigenvalue weighted by Gasteiger charge is -2.36. The monoisotopic (exact) mass is 971 g/mol. The number of aryl methyl sites for hydroxylation is 6. The normalized spacial score (nSPS) is 12.1.